The molecule has 0 saturated carbocycles. The van der Waals surface area contributed by atoms with E-state index in [0.29, 0.717) is 23.5 Å². The van der Waals surface area contributed by atoms with Crippen molar-refractivity contribution >= 4 is 27.5 Å². The van der Waals surface area contributed by atoms with Gasteiger partial charge in [-0.05, 0) is 72.4 Å². The van der Waals surface area contributed by atoms with Gasteiger partial charge in [-0.15, -0.1) is 0 Å². The maximum absolute atomic E-state index is 14.6. The molecule has 1 N–H and O–H groups in total. The number of ether oxygens (including phenoxy) is 1. The molecule has 9 heteroatoms. The number of aryl methyl sites for hydroxylation is 2. The molecule has 8 nitrogen and oxygen atoms in total. The number of amides is 2. The number of carbonyl (C=O) groups excluding carboxylic acids is 2. The van der Waals surface area contributed by atoms with Gasteiger partial charge in [0.25, 0.3) is 10.0 Å². The molecule has 0 saturated heterocycles. The molecule has 1 atom stereocenters. The van der Waals surface area contributed by atoms with Crippen LogP contribution >= 0.6 is 0 Å². The van der Waals surface area contributed by atoms with Crippen LogP contribution in [0.1, 0.15) is 36.1 Å². The van der Waals surface area contributed by atoms with Crippen LogP contribution in [-0.4, -0.2) is 51.4 Å². The van der Waals surface area contributed by atoms with Crippen LogP contribution in [-0.2, 0) is 32.6 Å². The summed E-state index contributed by atoms with van der Waals surface area (Å²) < 4.78 is 35.1. The first-order chi connectivity index (χ1) is 22.0. The van der Waals surface area contributed by atoms with Gasteiger partial charge in [0, 0.05) is 19.5 Å². The lowest BCUT2D eigenvalue weighted by molar-refractivity contribution is -0.140. The quantitative estimate of drug-likeness (QED) is 0.185. The molecule has 0 aromatic heterocycles. The van der Waals surface area contributed by atoms with Crippen LogP contribution in [0.2, 0.25) is 0 Å². The first-order valence-electron chi connectivity index (χ1n) is 15.4. The van der Waals surface area contributed by atoms with Crippen LogP contribution in [0.15, 0.2) is 108 Å². The third-order valence-corrected chi connectivity index (χ3v) is 9.46. The number of anilines is 1. The van der Waals surface area contributed by atoms with Gasteiger partial charge in [0.05, 0.1) is 17.7 Å². The van der Waals surface area contributed by atoms with E-state index in [1.54, 1.807) is 37.4 Å². The maximum atomic E-state index is 14.6. The molecule has 0 fully saturated rings. The highest BCUT2D eigenvalue weighted by Gasteiger charge is 2.35. The van der Waals surface area contributed by atoms with Gasteiger partial charge < -0.3 is 15.0 Å². The highest BCUT2D eigenvalue weighted by molar-refractivity contribution is 7.92. The summed E-state index contributed by atoms with van der Waals surface area (Å²) in [6.07, 6.45) is 0.245. The number of methoxy groups -OCH3 is 1. The zero-order chi connectivity index (χ0) is 33.3. The maximum Gasteiger partial charge on any atom is 0.264 e. The lowest BCUT2D eigenvalue weighted by Gasteiger charge is -2.34. The molecular weight excluding hydrogens is 598 g/mol. The Morgan fingerprint density at radius 3 is 2.13 bits per heavy atom. The molecule has 4 aromatic rings. The largest absolute Gasteiger partial charge is 0.497 e. The number of rotatable bonds is 14. The van der Waals surface area contributed by atoms with Gasteiger partial charge in [0.2, 0.25) is 11.8 Å². The summed E-state index contributed by atoms with van der Waals surface area (Å²) in [7, 11) is -2.60. The molecular formula is C37H43N3O5S. The average molecular weight is 642 g/mol. The zero-order valence-corrected chi connectivity index (χ0v) is 28.0. The van der Waals surface area contributed by atoms with Crippen molar-refractivity contribution in [3.8, 4) is 5.75 Å². The lowest BCUT2D eigenvalue weighted by atomic mass is 10.0. The van der Waals surface area contributed by atoms with Gasteiger partial charge in [0.1, 0.15) is 18.3 Å². The number of hydrogen-bond donors (Lipinski definition) is 1. The van der Waals surface area contributed by atoms with Crippen molar-refractivity contribution in [2.24, 2.45) is 5.92 Å². The third kappa shape index (κ3) is 8.75. The normalized spacial score (nSPS) is 12.0. The molecule has 2 amide bonds. The van der Waals surface area contributed by atoms with Crippen molar-refractivity contribution in [2.75, 3.05) is 24.5 Å². The second-order valence-corrected chi connectivity index (χ2v) is 13.7. The Morgan fingerprint density at radius 1 is 0.826 bits per heavy atom. The zero-order valence-electron chi connectivity index (χ0n) is 27.1. The Hall–Kier alpha value is -4.63. The number of nitrogens with one attached hydrogen (secondary N) is 1. The summed E-state index contributed by atoms with van der Waals surface area (Å²) in [5, 5.41) is 3.01. The molecule has 0 spiro atoms. The van der Waals surface area contributed by atoms with E-state index in [4.69, 9.17) is 4.74 Å². The first-order valence-corrected chi connectivity index (χ1v) is 16.8. The number of benzene rings is 4. The second-order valence-electron chi connectivity index (χ2n) is 11.8. The van der Waals surface area contributed by atoms with Gasteiger partial charge >= 0.3 is 0 Å². The van der Waals surface area contributed by atoms with Crippen molar-refractivity contribution < 1.29 is 22.7 Å². The summed E-state index contributed by atoms with van der Waals surface area (Å²) in [6.45, 7) is 7.69. The third-order valence-electron chi connectivity index (χ3n) is 7.69. The highest BCUT2D eigenvalue weighted by Crippen LogP contribution is 2.29. The molecule has 242 valence electrons. The monoisotopic (exact) mass is 641 g/mol. The van der Waals surface area contributed by atoms with E-state index in [2.05, 4.69) is 5.32 Å². The van der Waals surface area contributed by atoms with Crippen LogP contribution in [0, 0.1) is 19.8 Å². The minimum absolute atomic E-state index is 0.0641. The molecule has 0 unspecified atom stereocenters. The number of carbonyl (C=O) groups is 2. The van der Waals surface area contributed by atoms with Gasteiger partial charge in [0.15, 0.2) is 0 Å². The van der Waals surface area contributed by atoms with E-state index >= 15 is 0 Å². The van der Waals surface area contributed by atoms with Crippen molar-refractivity contribution in [1.82, 2.24) is 10.2 Å². The first kappa shape index (κ1) is 34.2. The minimum Gasteiger partial charge on any atom is -0.497 e. The summed E-state index contributed by atoms with van der Waals surface area (Å²) in [6, 6.07) is 29.5. The second kappa shape index (κ2) is 15.6. The van der Waals surface area contributed by atoms with Gasteiger partial charge in [-0.1, -0.05) is 86.6 Å². The molecule has 0 radical (unpaired) electrons. The van der Waals surface area contributed by atoms with Crippen molar-refractivity contribution in [3.63, 3.8) is 0 Å². The Balaban J connectivity index is 1.83. The number of hydrogen-bond acceptors (Lipinski definition) is 5. The molecule has 46 heavy (non-hydrogen) atoms. The summed E-state index contributed by atoms with van der Waals surface area (Å²) in [4.78, 5) is 30.1. The Labute approximate surface area is 273 Å². The number of nitrogens with zero attached hydrogens (tertiary/aromatic N) is 2. The smallest absolute Gasteiger partial charge is 0.264 e. The SMILES string of the molecule is COc1cccc(CN(C(=O)CN(c2cc(C)ccc2C)S(=O)(=O)c2ccccc2)[C@H](Cc2ccccc2)C(=O)NCC(C)C)c1. The molecule has 0 aliphatic rings. The van der Waals surface area contributed by atoms with E-state index in [-0.39, 0.29) is 29.7 Å². The Kier molecular flexibility index (Phi) is 11.6. The van der Waals surface area contributed by atoms with Crippen LogP contribution in [0.5, 0.6) is 5.75 Å². The van der Waals surface area contributed by atoms with Crippen LogP contribution in [0.25, 0.3) is 0 Å². The van der Waals surface area contributed by atoms with Crippen LogP contribution in [0.3, 0.4) is 0 Å². The average Bonchev–Trinajstić information content (AvgIpc) is 3.06. The predicted molar refractivity (Wildman–Crippen MR) is 182 cm³/mol. The van der Waals surface area contributed by atoms with Gasteiger partial charge in [-0.2, -0.15) is 0 Å². The van der Waals surface area contributed by atoms with Crippen molar-refractivity contribution in [1.29, 1.82) is 0 Å². The fourth-order valence-corrected chi connectivity index (χ4v) is 6.66. The van der Waals surface area contributed by atoms with Crippen molar-refractivity contribution in [3.05, 3.63) is 125 Å². The summed E-state index contributed by atoms with van der Waals surface area (Å²) in [5.41, 5.74) is 3.57. The topological polar surface area (TPSA) is 96.0 Å². The standard InChI is InChI=1S/C37H43N3O5S/c1-27(2)24-38-37(42)35(23-30-13-8-6-9-14-30)39(25-31-15-12-16-32(22-31)45-5)36(41)26-40(34-21-28(3)19-20-29(34)4)46(43,44)33-17-10-7-11-18-33/h6-22,27,35H,23-26H2,1-5H3,(H,38,42)/t35-/m1/s1. The van der Waals surface area contributed by atoms with Gasteiger partial charge in [-0.3, -0.25) is 13.9 Å². The number of sulfonamides is 1. The summed E-state index contributed by atoms with van der Waals surface area (Å²) in [5.74, 6) is -0.0149. The van der Waals surface area contributed by atoms with Crippen LogP contribution < -0.4 is 14.4 Å². The van der Waals surface area contributed by atoms with E-state index in [0.717, 1.165) is 21.0 Å². The van der Waals surface area contributed by atoms with E-state index in [1.165, 1.54) is 17.0 Å². The molecule has 0 heterocycles. The van der Waals surface area contributed by atoms with Gasteiger partial charge in [-0.25, -0.2) is 8.42 Å². The fraction of sp³-hybridized carbons (Fsp3) is 0.297. The predicted octanol–water partition coefficient (Wildman–Crippen LogP) is 5.92. The fourth-order valence-electron chi connectivity index (χ4n) is 5.17. The molecule has 0 bridgehead atoms. The Morgan fingerprint density at radius 2 is 1.48 bits per heavy atom. The van der Waals surface area contributed by atoms with E-state index in [1.807, 2.05) is 88.4 Å². The lowest BCUT2D eigenvalue weighted by Crippen LogP contribution is -2.53. The molecule has 0 aliphatic heterocycles. The van der Waals surface area contributed by atoms with E-state index < -0.39 is 28.5 Å². The molecule has 4 aromatic carbocycles. The van der Waals surface area contributed by atoms with Crippen LogP contribution in [0.4, 0.5) is 5.69 Å². The summed E-state index contributed by atoms with van der Waals surface area (Å²) >= 11 is 0. The minimum atomic E-state index is -4.17. The van der Waals surface area contributed by atoms with E-state index in [9.17, 15) is 18.0 Å². The molecule has 0 aliphatic carbocycles. The highest BCUT2D eigenvalue weighted by atomic mass is 32.2. The molecule has 4 rings (SSSR count). The van der Waals surface area contributed by atoms with Crippen molar-refractivity contribution in [2.45, 2.75) is 51.6 Å². The Bertz CT molecular complexity index is 1730.